The summed E-state index contributed by atoms with van der Waals surface area (Å²) in [6, 6.07) is 0. The molecule has 116 valence electrons. The highest BCUT2D eigenvalue weighted by Crippen LogP contribution is 2.69. The first-order chi connectivity index (χ1) is 9.07. The van der Waals surface area contributed by atoms with Crippen molar-refractivity contribution in [3.05, 3.63) is 0 Å². The highest BCUT2D eigenvalue weighted by atomic mass is 16.4. The van der Waals surface area contributed by atoms with Gasteiger partial charge >= 0.3 is 11.9 Å². The Morgan fingerprint density at radius 2 is 1.75 bits per heavy atom. The van der Waals surface area contributed by atoms with E-state index in [9.17, 15) is 9.59 Å². The molecule has 4 heteroatoms. The van der Waals surface area contributed by atoms with Gasteiger partial charge in [0.05, 0.1) is 5.92 Å². The van der Waals surface area contributed by atoms with Crippen molar-refractivity contribution in [2.45, 2.75) is 60.3 Å². The summed E-state index contributed by atoms with van der Waals surface area (Å²) in [6.07, 6.45) is 3.86. The van der Waals surface area contributed by atoms with Crippen molar-refractivity contribution in [2.75, 3.05) is 0 Å². The quantitative estimate of drug-likeness (QED) is 0.829. The molecule has 2 aliphatic rings. The van der Waals surface area contributed by atoms with E-state index in [4.69, 9.17) is 10.2 Å². The van der Waals surface area contributed by atoms with E-state index in [1.807, 2.05) is 6.92 Å². The van der Waals surface area contributed by atoms with Crippen molar-refractivity contribution in [3.63, 3.8) is 0 Å². The van der Waals surface area contributed by atoms with Crippen LogP contribution in [0.15, 0.2) is 0 Å². The Morgan fingerprint density at radius 3 is 2.00 bits per heavy atom. The summed E-state index contributed by atoms with van der Waals surface area (Å²) >= 11 is 0. The zero-order valence-electron chi connectivity index (χ0n) is 13.3. The predicted octanol–water partition coefficient (Wildman–Crippen LogP) is 3.65. The summed E-state index contributed by atoms with van der Waals surface area (Å²) in [5.74, 6) is -0.424. The van der Waals surface area contributed by atoms with Crippen molar-refractivity contribution in [2.24, 2.45) is 28.6 Å². The van der Waals surface area contributed by atoms with E-state index >= 15 is 0 Å². The monoisotopic (exact) mass is 284 g/mol. The van der Waals surface area contributed by atoms with Crippen molar-refractivity contribution >= 4 is 11.9 Å². The second-order valence-electron chi connectivity index (χ2n) is 7.09. The lowest BCUT2D eigenvalue weighted by Crippen LogP contribution is -2.37. The fraction of sp³-hybridized carbons (Fsp3) is 0.875. The lowest BCUT2D eigenvalue weighted by atomic mass is 9.63. The highest BCUT2D eigenvalue weighted by molar-refractivity contribution is 5.70. The molecule has 2 N–H and O–H groups in total. The van der Waals surface area contributed by atoms with Crippen molar-refractivity contribution in [1.82, 2.24) is 0 Å². The second kappa shape index (κ2) is 5.74. The number of carboxylic acids is 2. The Kier molecular flexibility index (Phi) is 4.88. The van der Waals surface area contributed by atoms with Gasteiger partial charge in [-0.3, -0.25) is 9.59 Å². The van der Waals surface area contributed by atoms with Crippen molar-refractivity contribution in [3.8, 4) is 0 Å². The van der Waals surface area contributed by atoms with Crippen LogP contribution in [0.25, 0.3) is 0 Å². The van der Waals surface area contributed by atoms with Gasteiger partial charge in [0, 0.05) is 6.42 Å². The molecule has 0 aromatic heterocycles. The molecule has 0 amide bonds. The molecule has 3 unspecified atom stereocenters. The van der Waals surface area contributed by atoms with E-state index in [1.54, 1.807) is 6.92 Å². The fourth-order valence-corrected chi connectivity index (χ4v) is 4.19. The van der Waals surface area contributed by atoms with Gasteiger partial charge in [0.1, 0.15) is 0 Å². The Hall–Kier alpha value is -1.06. The molecule has 4 nitrogen and oxygen atoms in total. The largest absolute Gasteiger partial charge is 0.481 e. The maximum atomic E-state index is 11.1. The minimum atomic E-state index is -0.745. The molecule has 2 bridgehead atoms. The minimum absolute atomic E-state index is 0.181. The third kappa shape index (κ3) is 2.70. The maximum absolute atomic E-state index is 11.1. The number of carbonyl (C=O) groups is 2. The smallest absolute Gasteiger partial charge is 0.306 e. The van der Waals surface area contributed by atoms with Crippen LogP contribution in [0.2, 0.25) is 0 Å². The zero-order valence-corrected chi connectivity index (χ0v) is 13.3. The third-order valence-electron chi connectivity index (χ3n) is 6.16. The molecule has 0 radical (unpaired) electrons. The molecule has 0 heterocycles. The molecule has 0 aromatic rings. The standard InChI is InChI=1S/C13H22O2.C3H6O2/c1-8(11(14)15)10-7-9-5-6-13(10,4)12(9,2)3;1-2-3(4)5/h8-10H,5-7H2,1-4H3,(H,14,15);2H2,1H3,(H,4,5)/t8?,9?,10?,13-;/m0./s1. The van der Waals surface area contributed by atoms with Gasteiger partial charge in [-0.1, -0.05) is 34.6 Å². The Morgan fingerprint density at radius 1 is 1.25 bits per heavy atom. The van der Waals surface area contributed by atoms with E-state index in [0.29, 0.717) is 11.3 Å². The molecule has 4 atom stereocenters. The summed E-state index contributed by atoms with van der Waals surface area (Å²) in [5.41, 5.74) is 0.580. The zero-order chi connectivity index (χ0) is 15.7. The normalized spacial score (nSPS) is 35.0. The number of rotatable bonds is 3. The molecule has 2 rings (SSSR count). The van der Waals surface area contributed by atoms with E-state index < -0.39 is 11.9 Å². The summed E-state index contributed by atoms with van der Waals surface area (Å²) in [5, 5.41) is 16.9. The van der Waals surface area contributed by atoms with Crippen molar-refractivity contribution in [1.29, 1.82) is 0 Å². The van der Waals surface area contributed by atoms with Gasteiger partial charge < -0.3 is 10.2 Å². The summed E-state index contributed by atoms with van der Waals surface area (Å²) < 4.78 is 0. The van der Waals surface area contributed by atoms with Gasteiger partial charge in [-0.05, 0) is 41.9 Å². The number of hydrogen-bond acceptors (Lipinski definition) is 2. The SMILES string of the molecule is CC(C(=O)O)C1CC2CC[C@]1(C)C2(C)C.CCC(=O)O. The highest BCUT2D eigenvalue weighted by Gasteiger charge is 2.62. The second-order valence-corrected chi connectivity index (χ2v) is 7.09. The summed E-state index contributed by atoms with van der Waals surface area (Å²) in [4.78, 5) is 20.5. The van der Waals surface area contributed by atoms with Crippen LogP contribution in [0.4, 0.5) is 0 Å². The average Bonchev–Trinajstić information content (AvgIpc) is 2.70. The Balaban J connectivity index is 0.000000347. The van der Waals surface area contributed by atoms with Gasteiger partial charge in [-0.15, -0.1) is 0 Å². The van der Waals surface area contributed by atoms with Gasteiger partial charge in [0.2, 0.25) is 0 Å². The van der Waals surface area contributed by atoms with E-state index in [-0.39, 0.29) is 17.8 Å². The van der Waals surface area contributed by atoms with Crippen molar-refractivity contribution < 1.29 is 19.8 Å². The summed E-state index contributed by atoms with van der Waals surface area (Å²) in [6.45, 7) is 10.5. The van der Waals surface area contributed by atoms with E-state index in [2.05, 4.69) is 20.8 Å². The fourth-order valence-electron chi connectivity index (χ4n) is 4.19. The van der Waals surface area contributed by atoms with Crippen LogP contribution in [0.3, 0.4) is 0 Å². The van der Waals surface area contributed by atoms with Gasteiger partial charge in [-0.25, -0.2) is 0 Å². The van der Waals surface area contributed by atoms with Crippen LogP contribution in [-0.4, -0.2) is 22.2 Å². The number of carboxylic acid groups (broad SMARTS) is 2. The average molecular weight is 284 g/mol. The van der Waals surface area contributed by atoms with Gasteiger partial charge in [0.15, 0.2) is 0 Å². The molecule has 20 heavy (non-hydrogen) atoms. The van der Waals surface area contributed by atoms with Crippen LogP contribution < -0.4 is 0 Å². The molecule has 2 fully saturated rings. The van der Waals surface area contributed by atoms with Crippen LogP contribution >= 0.6 is 0 Å². The lowest BCUT2D eigenvalue weighted by Gasteiger charge is -2.40. The van der Waals surface area contributed by atoms with Crippen LogP contribution in [-0.2, 0) is 9.59 Å². The number of hydrogen-bond donors (Lipinski definition) is 2. The number of fused-ring (bicyclic) bond motifs is 2. The first-order valence-electron chi connectivity index (χ1n) is 7.52. The molecule has 2 aliphatic carbocycles. The first kappa shape index (κ1) is 17.0. The van der Waals surface area contributed by atoms with Crippen LogP contribution in [0, 0.1) is 28.6 Å². The van der Waals surface area contributed by atoms with Gasteiger partial charge in [0.25, 0.3) is 0 Å². The molecule has 0 spiro atoms. The molecule has 0 aromatic carbocycles. The lowest BCUT2D eigenvalue weighted by molar-refractivity contribution is -0.145. The Bertz CT molecular complexity index is 388. The van der Waals surface area contributed by atoms with Crippen LogP contribution in [0.1, 0.15) is 60.3 Å². The Labute approximate surface area is 121 Å². The third-order valence-corrected chi connectivity index (χ3v) is 6.16. The van der Waals surface area contributed by atoms with Crippen LogP contribution in [0.5, 0.6) is 0 Å². The molecule has 0 saturated heterocycles. The van der Waals surface area contributed by atoms with Gasteiger partial charge in [-0.2, -0.15) is 0 Å². The maximum Gasteiger partial charge on any atom is 0.306 e. The minimum Gasteiger partial charge on any atom is -0.481 e. The van der Waals surface area contributed by atoms with E-state index in [1.165, 1.54) is 12.8 Å². The summed E-state index contributed by atoms with van der Waals surface area (Å²) in [7, 11) is 0. The molecular formula is C16H28O4. The number of aliphatic carboxylic acids is 2. The first-order valence-corrected chi connectivity index (χ1v) is 7.52. The topological polar surface area (TPSA) is 74.6 Å². The molecule has 2 saturated carbocycles. The molecular weight excluding hydrogens is 256 g/mol. The molecule has 0 aliphatic heterocycles. The van der Waals surface area contributed by atoms with E-state index in [0.717, 1.165) is 12.3 Å². The predicted molar refractivity (Wildman–Crippen MR) is 77.4 cm³/mol.